The Morgan fingerprint density at radius 2 is 2.40 bits per heavy atom. The van der Waals surface area contributed by atoms with E-state index in [9.17, 15) is 4.79 Å². The van der Waals surface area contributed by atoms with Gasteiger partial charge in [-0.05, 0) is 35.8 Å². The number of methoxy groups -OCH3 is 1. The third-order valence-corrected chi connectivity index (χ3v) is 3.15. The maximum Gasteiger partial charge on any atom is 0.328 e. The lowest BCUT2D eigenvalue weighted by atomic mass is 10.1. The fourth-order valence-electron chi connectivity index (χ4n) is 2.09. The van der Waals surface area contributed by atoms with E-state index in [1.807, 2.05) is 12.1 Å². The predicted octanol–water partition coefficient (Wildman–Crippen LogP) is 1.96. The van der Waals surface area contributed by atoms with E-state index < -0.39 is 5.97 Å². The van der Waals surface area contributed by atoms with Crippen LogP contribution in [0, 0.1) is 0 Å². The van der Waals surface area contributed by atoms with E-state index in [2.05, 4.69) is 16.0 Å². The lowest BCUT2D eigenvalue weighted by Gasteiger charge is -2.27. The second-order valence-corrected chi connectivity index (χ2v) is 4.61. The number of pyridine rings is 1. The summed E-state index contributed by atoms with van der Waals surface area (Å²) in [7, 11) is 1.71. The van der Waals surface area contributed by atoms with Crippen LogP contribution < -0.4 is 4.90 Å². The summed E-state index contributed by atoms with van der Waals surface area (Å²) in [6.07, 6.45) is 7.48. The maximum atomic E-state index is 10.4. The summed E-state index contributed by atoms with van der Waals surface area (Å²) in [4.78, 5) is 17.0. The number of aromatic nitrogens is 1. The summed E-state index contributed by atoms with van der Waals surface area (Å²) in [5, 5.41) is 8.57. The minimum Gasteiger partial charge on any atom is -0.478 e. The molecule has 0 aliphatic carbocycles. The van der Waals surface area contributed by atoms with Gasteiger partial charge in [-0.3, -0.25) is 0 Å². The molecule has 0 saturated heterocycles. The minimum atomic E-state index is -0.957. The highest BCUT2D eigenvalue weighted by Gasteiger charge is 2.12. The normalized spacial score (nSPS) is 15.4. The van der Waals surface area contributed by atoms with Crippen LogP contribution in [0.15, 0.2) is 36.1 Å². The Labute approximate surface area is 118 Å². The first kappa shape index (κ1) is 14.3. The second kappa shape index (κ2) is 6.86. The van der Waals surface area contributed by atoms with Crippen LogP contribution in [0.2, 0.25) is 0 Å². The minimum absolute atomic E-state index is 0.695. The molecule has 2 heterocycles. The zero-order valence-corrected chi connectivity index (χ0v) is 11.5. The van der Waals surface area contributed by atoms with Crippen molar-refractivity contribution in [1.82, 2.24) is 4.98 Å². The van der Waals surface area contributed by atoms with E-state index in [1.54, 1.807) is 13.3 Å². The smallest absolute Gasteiger partial charge is 0.328 e. The Balaban J connectivity index is 1.99. The Morgan fingerprint density at radius 3 is 2.95 bits per heavy atom. The van der Waals surface area contributed by atoms with Crippen LogP contribution in [-0.4, -0.2) is 42.9 Å². The molecule has 0 amide bonds. The molecule has 0 atom stereocenters. The molecule has 1 aliphatic rings. The lowest BCUT2D eigenvalue weighted by Crippen LogP contribution is -2.29. The Bertz CT molecular complexity index is 520. The molecule has 1 aromatic rings. The zero-order chi connectivity index (χ0) is 14.4. The monoisotopic (exact) mass is 274 g/mol. The van der Waals surface area contributed by atoms with Crippen LogP contribution in [0.1, 0.15) is 12.0 Å². The molecule has 106 valence electrons. The Morgan fingerprint density at radius 1 is 1.55 bits per heavy atom. The largest absolute Gasteiger partial charge is 0.478 e. The van der Waals surface area contributed by atoms with E-state index in [1.165, 1.54) is 11.6 Å². The number of nitrogens with zero attached hydrogens (tertiary/aromatic N) is 2. The van der Waals surface area contributed by atoms with Gasteiger partial charge in [-0.1, -0.05) is 6.08 Å². The molecule has 0 saturated carbocycles. The number of anilines is 1. The molecule has 0 fully saturated rings. The first-order valence-corrected chi connectivity index (χ1v) is 6.48. The zero-order valence-electron chi connectivity index (χ0n) is 11.5. The van der Waals surface area contributed by atoms with Crippen LogP contribution in [0.5, 0.6) is 0 Å². The van der Waals surface area contributed by atoms with Crippen molar-refractivity contribution in [3.05, 3.63) is 41.6 Å². The van der Waals surface area contributed by atoms with Gasteiger partial charge in [0, 0.05) is 32.5 Å². The fraction of sp³-hybridized carbons (Fsp3) is 0.333. The van der Waals surface area contributed by atoms with E-state index in [0.29, 0.717) is 6.61 Å². The van der Waals surface area contributed by atoms with Crippen molar-refractivity contribution in [2.45, 2.75) is 6.42 Å². The standard InChI is InChI=1S/C15H18N2O3/c1-20-11-13-6-8-17(9-7-13)14-4-2-12(10-16-14)3-5-15(18)19/h2-6,10H,7-9,11H2,1H3,(H,18,19)/b5-3+. The average Bonchev–Trinajstić information content (AvgIpc) is 2.47. The van der Waals surface area contributed by atoms with Crippen molar-refractivity contribution >= 4 is 17.9 Å². The SMILES string of the molecule is COCC1=CCN(c2ccc(/C=C/C(=O)O)cn2)CC1. The van der Waals surface area contributed by atoms with Gasteiger partial charge >= 0.3 is 5.97 Å². The summed E-state index contributed by atoms with van der Waals surface area (Å²) in [5.74, 6) is -0.0499. The number of aliphatic carboxylic acids is 1. The second-order valence-electron chi connectivity index (χ2n) is 4.61. The van der Waals surface area contributed by atoms with Gasteiger partial charge in [-0.25, -0.2) is 9.78 Å². The molecule has 5 nitrogen and oxygen atoms in total. The van der Waals surface area contributed by atoms with Crippen molar-refractivity contribution in [3.8, 4) is 0 Å². The van der Waals surface area contributed by atoms with Gasteiger partial charge in [0.05, 0.1) is 6.61 Å². The van der Waals surface area contributed by atoms with Crippen LogP contribution in [0.3, 0.4) is 0 Å². The molecule has 5 heteroatoms. The van der Waals surface area contributed by atoms with Crippen LogP contribution in [-0.2, 0) is 9.53 Å². The van der Waals surface area contributed by atoms with Gasteiger partial charge in [0.2, 0.25) is 0 Å². The number of ether oxygens (including phenoxy) is 1. The summed E-state index contributed by atoms with van der Waals surface area (Å²) in [5.41, 5.74) is 2.11. The molecular formula is C15H18N2O3. The van der Waals surface area contributed by atoms with Crippen molar-refractivity contribution in [2.24, 2.45) is 0 Å². The molecule has 1 aromatic heterocycles. The van der Waals surface area contributed by atoms with E-state index in [0.717, 1.165) is 37.0 Å². The molecule has 1 aliphatic heterocycles. The maximum absolute atomic E-state index is 10.4. The molecule has 2 rings (SSSR count). The van der Waals surface area contributed by atoms with Gasteiger partial charge in [-0.2, -0.15) is 0 Å². The van der Waals surface area contributed by atoms with Crippen molar-refractivity contribution < 1.29 is 14.6 Å². The van der Waals surface area contributed by atoms with Gasteiger partial charge in [0.15, 0.2) is 0 Å². The molecule has 0 unspecified atom stereocenters. The fourth-order valence-corrected chi connectivity index (χ4v) is 2.09. The van der Waals surface area contributed by atoms with Crippen LogP contribution in [0.25, 0.3) is 6.08 Å². The number of carboxylic acids is 1. The predicted molar refractivity (Wildman–Crippen MR) is 77.7 cm³/mol. The van der Waals surface area contributed by atoms with Crippen LogP contribution >= 0.6 is 0 Å². The average molecular weight is 274 g/mol. The highest BCUT2D eigenvalue weighted by molar-refractivity contribution is 5.85. The highest BCUT2D eigenvalue weighted by Crippen LogP contribution is 2.18. The topological polar surface area (TPSA) is 62.7 Å². The number of rotatable bonds is 5. The van der Waals surface area contributed by atoms with E-state index in [-0.39, 0.29) is 0 Å². The van der Waals surface area contributed by atoms with Gasteiger partial charge < -0.3 is 14.7 Å². The summed E-state index contributed by atoms with van der Waals surface area (Å²) in [6.45, 7) is 2.45. The number of carboxylic acid groups (broad SMARTS) is 1. The summed E-state index contributed by atoms with van der Waals surface area (Å²) >= 11 is 0. The van der Waals surface area contributed by atoms with Gasteiger partial charge in [0.1, 0.15) is 5.82 Å². The van der Waals surface area contributed by atoms with Gasteiger partial charge in [0.25, 0.3) is 0 Å². The number of hydrogen-bond acceptors (Lipinski definition) is 4. The summed E-state index contributed by atoms with van der Waals surface area (Å²) < 4.78 is 5.13. The molecule has 1 N–H and O–H groups in total. The quantitative estimate of drug-likeness (QED) is 0.657. The lowest BCUT2D eigenvalue weighted by molar-refractivity contribution is -0.131. The van der Waals surface area contributed by atoms with Crippen LogP contribution in [0.4, 0.5) is 5.82 Å². The molecular weight excluding hydrogens is 256 g/mol. The first-order valence-electron chi connectivity index (χ1n) is 6.48. The van der Waals surface area contributed by atoms with Crippen molar-refractivity contribution in [2.75, 3.05) is 31.7 Å². The van der Waals surface area contributed by atoms with E-state index >= 15 is 0 Å². The number of hydrogen-bond donors (Lipinski definition) is 1. The van der Waals surface area contributed by atoms with Gasteiger partial charge in [-0.15, -0.1) is 0 Å². The molecule has 0 radical (unpaired) electrons. The molecule has 0 bridgehead atoms. The molecule has 0 aromatic carbocycles. The Hall–Kier alpha value is -2.14. The van der Waals surface area contributed by atoms with Crippen molar-refractivity contribution in [1.29, 1.82) is 0 Å². The molecule has 0 spiro atoms. The first-order chi connectivity index (χ1) is 9.69. The van der Waals surface area contributed by atoms with Crippen molar-refractivity contribution in [3.63, 3.8) is 0 Å². The Kier molecular flexibility index (Phi) is 4.90. The number of carbonyl (C=O) groups is 1. The highest BCUT2D eigenvalue weighted by atomic mass is 16.5. The molecule has 20 heavy (non-hydrogen) atoms. The third kappa shape index (κ3) is 3.93. The third-order valence-electron chi connectivity index (χ3n) is 3.15. The summed E-state index contributed by atoms with van der Waals surface area (Å²) in [6, 6.07) is 3.78. The van der Waals surface area contributed by atoms with E-state index in [4.69, 9.17) is 9.84 Å².